The standard InChI is InChI=1S/C13H22ClN3O2/c1-18-9-7-15-6-4-3-5-13-12(14)11-16-17(13)8-10-19-2/h3,5,11,15H,4,6-10H2,1-2H3/b5-3+. The smallest absolute Gasteiger partial charge is 0.0859 e. The van der Waals surface area contributed by atoms with Crippen LogP contribution in [0, 0.1) is 0 Å². The van der Waals surface area contributed by atoms with E-state index in [2.05, 4.69) is 16.5 Å². The topological polar surface area (TPSA) is 48.3 Å². The Kier molecular flexibility index (Phi) is 8.49. The molecule has 0 amide bonds. The lowest BCUT2D eigenvalue weighted by molar-refractivity contribution is 0.183. The lowest BCUT2D eigenvalue weighted by atomic mass is 10.3. The van der Waals surface area contributed by atoms with Gasteiger partial charge in [0.15, 0.2) is 0 Å². The highest BCUT2D eigenvalue weighted by molar-refractivity contribution is 6.31. The Labute approximate surface area is 119 Å². The van der Waals surface area contributed by atoms with Crippen LogP contribution in [0.3, 0.4) is 0 Å². The summed E-state index contributed by atoms with van der Waals surface area (Å²) in [6, 6.07) is 0. The van der Waals surface area contributed by atoms with Crippen molar-refractivity contribution in [3.05, 3.63) is 23.0 Å². The molecule has 19 heavy (non-hydrogen) atoms. The minimum Gasteiger partial charge on any atom is -0.383 e. The van der Waals surface area contributed by atoms with Crippen molar-refractivity contribution in [2.45, 2.75) is 13.0 Å². The average molecular weight is 288 g/mol. The Morgan fingerprint density at radius 3 is 2.84 bits per heavy atom. The van der Waals surface area contributed by atoms with Crippen molar-refractivity contribution >= 4 is 17.7 Å². The predicted molar refractivity (Wildman–Crippen MR) is 77.5 cm³/mol. The second-order valence-corrected chi connectivity index (χ2v) is 4.43. The molecular formula is C13H22ClN3O2. The van der Waals surface area contributed by atoms with E-state index in [1.165, 1.54) is 0 Å². The maximum atomic E-state index is 6.10. The summed E-state index contributed by atoms with van der Waals surface area (Å²) in [6.45, 7) is 3.85. The molecule has 0 saturated heterocycles. The number of rotatable bonds is 10. The molecule has 0 spiro atoms. The Morgan fingerprint density at radius 1 is 1.32 bits per heavy atom. The third kappa shape index (κ3) is 6.20. The van der Waals surface area contributed by atoms with E-state index in [1.807, 2.05) is 10.8 Å². The van der Waals surface area contributed by atoms with E-state index in [1.54, 1.807) is 20.4 Å². The summed E-state index contributed by atoms with van der Waals surface area (Å²) in [4.78, 5) is 0. The van der Waals surface area contributed by atoms with Crippen LogP contribution in [-0.2, 0) is 16.0 Å². The number of nitrogens with zero attached hydrogens (tertiary/aromatic N) is 2. The highest BCUT2D eigenvalue weighted by Gasteiger charge is 2.04. The van der Waals surface area contributed by atoms with Gasteiger partial charge in [-0.15, -0.1) is 0 Å². The zero-order valence-corrected chi connectivity index (χ0v) is 12.3. The van der Waals surface area contributed by atoms with Crippen molar-refractivity contribution in [3.8, 4) is 0 Å². The normalized spacial score (nSPS) is 11.5. The lowest BCUT2D eigenvalue weighted by Gasteiger charge is -2.04. The molecule has 0 saturated carbocycles. The summed E-state index contributed by atoms with van der Waals surface area (Å²) in [5.74, 6) is 0. The van der Waals surface area contributed by atoms with Crippen LogP contribution in [0.4, 0.5) is 0 Å². The number of ether oxygens (including phenoxy) is 2. The Morgan fingerprint density at radius 2 is 2.11 bits per heavy atom. The van der Waals surface area contributed by atoms with Crippen LogP contribution in [0.1, 0.15) is 12.1 Å². The van der Waals surface area contributed by atoms with Crippen molar-refractivity contribution in [1.82, 2.24) is 15.1 Å². The van der Waals surface area contributed by atoms with Crippen LogP contribution in [-0.4, -0.2) is 50.3 Å². The van der Waals surface area contributed by atoms with Gasteiger partial charge in [-0.05, 0) is 19.0 Å². The number of methoxy groups -OCH3 is 2. The molecule has 0 aliphatic carbocycles. The fourth-order valence-corrected chi connectivity index (χ4v) is 1.78. The average Bonchev–Trinajstić information content (AvgIpc) is 2.76. The molecule has 0 aliphatic rings. The maximum absolute atomic E-state index is 6.10. The molecular weight excluding hydrogens is 266 g/mol. The maximum Gasteiger partial charge on any atom is 0.0859 e. The zero-order valence-electron chi connectivity index (χ0n) is 11.6. The Bertz CT molecular complexity index is 380. The van der Waals surface area contributed by atoms with Crippen molar-refractivity contribution in [2.24, 2.45) is 0 Å². The molecule has 1 rings (SSSR count). The van der Waals surface area contributed by atoms with E-state index < -0.39 is 0 Å². The number of aromatic nitrogens is 2. The molecule has 0 atom stereocenters. The molecule has 0 aliphatic heterocycles. The molecule has 5 nitrogen and oxygen atoms in total. The van der Waals surface area contributed by atoms with Gasteiger partial charge >= 0.3 is 0 Å². The first-order valence-corrected chi connectivity index (χ1v) is 6.73. The molecule has 108 valence electrons. The summed E-state index contributed by atoms with van der Waals surface area (Å²) in [5, 5.41) is 8.16. The molecule has 1 aromatic rings. The van der Waals surface area contributed by atoms with Gasteiger partial charge in [-0.2, -0.15) is 5.10 Å². The minimum absolute atomic E-state index is 0.622. The molecule has 6 heteroatoms. The summed E-state index contributed by atoms with van der Waals surface area (Å²) < 4.78 is 11.8. The van der Waals surface area contributed by atoms with Gasteiger partial charge < -0.3 is 14.8 Å². The second-order valence-electron chi connectivity index (χ2n) is 4.03. The lowest BCUT2D eigenvalue weighted by Crippen LogP contribution is -2.19. The van der Waals surface area contributed by atoms with Gasteiger partial charge in [-0.25, -0.2) is 0 Å². The van der Waals surface area contributed by atoms with Gasteiger partial charge in [0.05, 0.1) is 36.7 Å². The van der Waals surface area contributed by atoms with Gasteiger partial charge in [0.2, 0.25) is 0 Å². The molecule has 1 aromatic heterocycles. The van der Waals surface area contributed by atoms with Crippen LogP contribution in [0.15, 0.2) is 12.3 Å². The van der Waals surface area contributed by atoms with Gasteiger partial charge in [-0.3, -0.25) is 4.68 Å². The third-order valence-electron chi connectivity index (χ3n) is 2.59. The van der Waals surface area contributed by atoms with Crippen LogP contribution < -0.4 is 5.32 Å². The largest absolute Gasteiger partial charge is 0.383 e. The highest BCUT2D eigenvalue weighted by atomic mass is 35.5. The summed E-state index contributed by atoms with van der Waals surface area (Å²) in [7, 11) is 3.37. The van der Waals surface area contributed by atoms with Crippen molar-refractivity contribution < 1.29 is 9.47 Å². The van der Waals surface area contributed by atoms with Crippen LogP contribution >= 0.6 is 11.6 Å². The monoisotopic (exact) mass is 287 g/mol. The molecule has 1 heterocycles. The minimum atomic E-state index is 0.622. The molecule has 0 aromatic carbocycles. The van der Waals surface area contributed by atoms with Gasteiger partial charge in [-0.1, -0.05) is 17.7 Å². The van der Waals surface area contributed by atoms with E-state index >= 15 is 0 Å². The SMILES string of the molecule is COCCNCC/C=C/c1c(Cl)cnn1CCOC. The van der Waals surface area contributed by atoms with Crippen LogP contribution in [0.5, 0.6) is 0 Å². The summed E-state index contributed by atoms with van der Waals surface area (Å²) >= 11 is 6.10. The predicted octanol–water partition coefficient (Wildman–Crippen LogP) is 1.82. The molecule has 0 unspecified atom stereocenters. The van der Waals surface area contributed by atoms with Crippen molar-refractivity contribution in [1.29, 1.82) is 0 Å². The zero-order chi connectivity index (χ0) is 13.9. The van der Waals surface area contributed by atoms with E-state index in [-0.39, 0.29) is 0 Å². The number of halogens is 1. The third-order valence-corrected chi connectivity index (χ3v) is 2.88. The summed E-state index contributed by atoms with van der Waals surface area (Å²) in [5.41, 5.74) is 0.926. The number of hydrogen-bond donors (Lipinski definition) is 1. The van der Waals surface area contributed by atoms with Crippen molar-refractivity contribution in [2.75, 3.05) is 40.5 Å². The fourth-order valence-electron chi connectivity index (χ4n) is 1.57. The molecule has 0 radical (unpaired) electrons. The molecule has 1 N–H and O–H groups in total. The Balaban J connectivity index is 2.36. The fraction of sp³-hybridized carbons (Fsp3) is 0.615. The second kappa shape index (κ2) is 9.97. The Hall–Kier alpha value is -0.880. The van der Waals surface area contributed by atoms with Crippen LogP contribution in [0.25, 0.3) is 6.08 Å². The molecule has 0 fully saturated rings. The van der Waals surface area contributed by atoms with E-state index in [9.17, 15) is 0 Å². The quantitative estimate of drug-likeness (QED) is 0.667. The van der Waals surface area contributed by atoms with E-state index in [0.717, 1.165) is 31.8 Å². The van der Waals surface area contributed by atoms with Gasteiger partial charge in [0.25, 0.3) is 0 Å². The van der Waals surface area contributed by atoms with E-state index in [4.69, 9.17) is 21.1 Å². The molecule has 0 bridgehead atoms. The van der Waals surface area contributed by atoms with E-state index in [0.29, 0.717) is 18.2 Å². The van der Waals surface area contributed by atoms with Crippen molar-refractivity contribution in [3.63, 3.8) is 0 Å². The number of hydrogen-bond acceptors (Lipinski definition) is 4. The van der Waals surface area contributed by atoms with Gasteiger partial charge in [0, 0.05) is 20.8 Å². The highest BCUT2D eigenvalue weighted by Crippen LogP contribution is 2.16. The van der Waals surface area contributed by atoms with Crippen LogP contribution in [0.2, 0.25) is 5.02 Å². The first kappa shape index (κ1) is 16.2. The first-order chi connectivity index (χ1) is 9.29. The first-order valence-electron chi connectivity index (χ1n) is 6.36. The van der Waals surface area contributed by atoms with Gasteiger partial charge in [0.1, 0.15) is 0 Å². The summed E-state index contributed by atoms with van der Waals surface area (Å²) in [6.07, 6.45) is 6.69. The number of nitrogens with one attached hydrogen (secondary N) is 1.